The molecule has 88 valence electrons. The van der Waals surface area contributed by atoms with E-state index >= 15 is 0 Å². The molecular weight excluding hydrogens is 270 g/mol. The Morgan fingerprint density at radius 2 is 2.19 bits per heavy atom. The summed E-state index contributed by atoms with van der Waals surface area (Å²) in [6, 6.07) is 5.50. The minimum absolute atomic E-state index is 0.420. The Morgan fingerprint density at radius 1 is 1.50 bits per heavy atom. The summed E-state index contributed by atoms with van der Waals surface area (Å²) in [4.78, 5) is 13.3. The fourth-order valence-electron chi connectivity index (χ4n) is 1.49. The number of benzene rings is 1. The van der Waals surface area contributed by atoms with Crippen LogP contribution in [0.1, 0.15) is 16.8 Å². The molecule has 16 heavy (non-hydrogen) atoms. The van der Waals surface area contributed by atoms with Gasteiger partial charge < -0.3 is 16.4 Å². The molecule has 0 saturated carbocycles. The number of carbonyl (C=O) groups excluding carboxylic acids is 1. The number of hydrogen-bond donors (Lipinski definition) is 2. The zero-order chi connectivity index (χ0) is 12.1. The van der Waals surface area contributed by atoms with E-state index in [4.69, 9.17) is 11.5 Å². The van der Waals surface area contributed by atoms with Crippen LogP contribution >= 0.6 is 15.9 Å². The van der Waals surface area contributed by atoms with Crippen molar-refractivity contribution >= 4 is 27.5 Å². The molecule has 0 fully saturated rings. The van der Waals surface area contributed by atoms with Gasteiger partial charge in [-0.2, -0.15) is 0 Å². The van der Waals surface area contributed by atoms with Crippen LogP contribution in [0.25, 0.3) is 0 Å². The molecule has 0 aliphatic heterocycles. The van der Waals surface area contributed by atoms with E-state index in [2.05, 4.69) is 15.9 Å². The van der Waals surface area contributed by atoms with Crippen molar-refractivity contribution in [2.75, 3.05) is 25.0 Å². The molecule has 1 rings (SSSR count). The first-order valence-electron chi connectivity index (χ1n) is 5.07. The molecule has 4 nitrogen and oxygen atoms in total. The molecule has 0 unspecified atom stereocenters. The summed E-state index contributed by atoms with van der Waals surface area (Å²) in [5.74, 6) is -0.420. The van der Waals surface area contributed by atoms with Gasteiger partial charge in [0.15, 0.2) is 0 Å². The van der Waals surface area contributed by atoms with Gasteiger partial charge in [-0.3, -0.25) is 4.79 Å². The van der Waals surface area contributed by atoms with Crippen LogP contribution < -0.4 is 16.4 Å². The van der Waals surface area contributed by atoms with Gasteiger partial charge >= 0.3 is 0 Å². The van der Waals surface area contributed by atoms with Crippen molar-refractivity contribution in [2.45, 2.75) is 6.42 Å². The smallest absolute Gasteiger partial charge is 0.250 e. The average Bonchev–Trinajstić information content (AvgIpc) is 2.25. The number of nitrogens with zero attached hydrogens (tertiary/aromatic N) is 1. The molecule has 0 aliphatic rings. The van der Waals surface area contributed by atoms with Gasteiger partial charge in [0.25, 0.3) is 5.91 Å². The third kappa shape index (κ3) is 3.21. The van der Waals surface area contributed by atoms with E-state index < -0.39 is 5.91 Å². The van der Waals surface area contributed by atoms with Crippen LogP contribution in [0, 0.1) is 0 Å². The summed E-state index contributed by atoms with van der Waals surface area (Å²) in [6.45, 7) is 1.44. The number of hydrogen-bond acceptors (Lipinski definition) is 3. The van der Waals surface area contributed by atoms with Crippen molar-refractivity contribution in [1.29, 1.82) is 0 Å². The normalized spacial score (nSPS) is 10.2. The lowest BCUT2D eigenvalue weighted by molar-refractivity contribution is 0.100. The average molecular weight is 286 g/mol. The number of rotatable bonds is 5. The number of amides is 1. The quantitative estimate of drug-likeness (QED) is 0.857. The van der Waals surface area contributed by atoms with Crippen LogP contribution in [0.15, 0.2) is 22.7 Å². The second-order valence-electron chi connectivity index (χ2n) is 3.59. The molecule has 0 radical (unpaired) electrons. The summed E-state index contributed by atoms with van der Waals surface area (Å²) in [7, 11) is 1.92. The largest absolute Gasteiger partial charge is 0.374 e. The summed E-state index contributed by atoms with van der Waals surface area (Å²) in [5, 5.41) is 0. The Labute approximate surface area is 104 Å². The molecule has 4 N–H and O–H groups in total. The maximum atomic E-state index is 11.3. The van der Waals surface area contributed by atoms with Crippen LogP contribution in [-0.4, -0.2) is 26.0 Å². The number of carbonyl (C=O) groups is 1. The molecule has 0 aromatic heterocycles. The zero-order valence-electron chi connectivity index (χ0n) is 9.24. The van der Waals surface area contributed by atoms with Gasteiger partial charge in [0.05, 0.1) is 5.56 Å². The molecule has 0 saturated heterocycles. The van der Waals surface area contributed by atoms with Crippen LogP contribution in [0.2, 0.25) is 0 Å². The number of primary amides is 1. The van der Waals surface area contributed by atoms with Crippen molar-refractivity contribution in [3.63, 3.8) is 0 Å². The van der Waals surface area contributed by atoms with Crippen LogP contribution in [0.3, 0.4) is 0 Å². The summed E-state index contributed by atoms with van der Waals surface area (Å²) < 4.78 is 0.845. The van der Waals surface area contributed by atoms with E-state index in [-0.39, 0.29) is 0 Å². The van der Waals surface area contributed by atoms with Crippen LogP contribution in [0.4, 0.5) is 5.69 Å². The van der Waals surface area contributed by atoms with E-state index in [9.17, 15) is 4.79 Å². The topological polar surface area (TPSA) is 72.3 Å². The molecule has 0 atom stereocenters. The summed E-state index contributed by atoms with van der Waals surface area (Å²) in [6.07, 6.45) is 0.880. The monoisotopic (exact) mass is 285 g/mol. The molecule has 0 aliphatic carbocycles. The van der Waals surface area contributed by atoms with Gasteiger partial charge in [0, 0.05) is 23.8 Å². The van der Waals surface area contributed by atoms with Gasteiger partial charge in [0.1, 0.15) is 0 Å². The molecule has 0 heterocycles. The molecule has 0 bridgehead atoms. The van der Waals surface area contributed by atoms with Crippen molar-refractivity contribution in [3.05, 3.63) is 28.2 Å². The van der Waals surface area contributed by atoms with Gasteiger partial charge in [-0.1, -0.05) is 15.9 Å². The van der Waals surface area contributed by atoms with Crippen LogP contribution in [-0.2, 0) is 0 Å². The SMILES string of the molecule is CN(CCCN)c1ccc(Br)cc1C(N)=O. The second-order valence-corrected chi connectivity index (χ2v) is 4.51. The van der Waals surface area contributed by atoms with Crippen molar-refractivity contribution in [1.82, 2.24) is 0 Å². The number of anilines is 1. The highest BCUT2D eigenvalue weighted by Crippen LogP contribution is 2.23. The molecular formula is C11H16BrN3O. The molecule has 1 amide bonds. The van der Waals surface area contributed by atoms with Gasteiger partial charge in [-0.15, -0.1) is 0 Å². The Balaban J connectivity index is 2.98. The Kier molecular flexibility index (Phi) is 4.76. The summed E-state index contributed by atoms with van der Waals surface area (Å²) in [5.41, 5.74) is 12.1. The van der Waals surface area contributed by atoms with E-state index in [1.54, 1.807) is 6.07 Å². The van der Waals surface area contributed by atoms with Crippen molar-refractivity contribution in [3.8, 4) is 0 Å². The molecule has 0 spiro atoms. The predicted octanol–water partition coefficient (Wildman–Crippen LogP) is 1.33. The minimum atomic E-state index is -0.420. The Bertz CT molecular complexity index is 381. The fourth-order valence-corrected chi connectivity index (χ4v) is 1.85. The molecule has 1 aromatic carbocycles. The van der Waals surface area contributed by atoms with Crippen molar-refractivity contribution < 1.29 is 4.79 Å². The summed E-state index contributed by atoms with van der Waals surface area (Å²) >= 11 is 3.32. The van der Waals surface area contributed by atoms with E-state index in [1.165, 1.54) is 0 Å². The van der Waals surface area contributed by atoms with Gasteiger partial charge in [0.2, 0.25) is 0 Å². The molecule has 1 aromatic rings. The third-order valence-corrected chi connectivity index (χ3v) is 2.83. The lowest BCUT2D eigenvalue weighted by Crippen LogP contribution is -2.24. The lowest BCUT2D eigenvalue weighted by Gasteiger charge is -2.21. The first-order chi connectivity index (χ1) is 7.56. The maximum Gasteiger partial charge on any atom is 0.250 e. The molecule has 5 heteroatoms. The Hall–Kier alpha value is -1.07. The lowest BCUT2D eigenvalue weighted by atomic mass is 10.1. The third-order valence-electron chi connectivity index (χ3n) is 2.33. The standard InChI is InChI=1S/C11H16BrN3O/c1-15(6-2-5-13)10-4-3-8(12)7-9(10)11(14)16/h3-4,7H,2,5-6,13H2,1H3,(H2,14,16). The highest BCUT2D eigenvalue weighted by molar-refractivity contribution is 9.10. The zero-order valence-corrected chi connectivity index (χ0v) is 10.8. The number of nitrogens with two attached hydrogens (primary N) is 2. The van der Waals surface area contributed by atoms with Crippen LogP contribution in [0.5, 0.6) is 0 Å². The minimum Gasteiger partial charge on any atom is -0.374 e. The highest BCUT2D eigenvalue weighted by Gasteiger charge is 2.11. The van der Waals surface area contributed by atoms with E-state index in [0.717, 1.165) is 23.1 Å². The number of halogens is 1. The van der Waals surface area contributed by atoms with E-state index in [0.29, 0.717) is 12.1 Å². The van der Waals surface area contributed by atoms with Crippen molar-refractivity contribution in [2.24, 2.45) is 11.5 Å². The van der Waals surface area contributed by atoms with Gasteiger partial charge in [-0.25, -0.2) is 0 Å². The van der Waals surface area contributed by atoms with Gasteiger partial charge in [-0.05, 0) is 31.2 Å². The predicted molar refractivity (Wildman–Crippen MR) is 69.6 cm³/mol. The highest BCUT2D eigenvalue weighted by atomic mass is 79.9. The van der Waals surface area contributed by atoms with E-state index in [1.807, 2.05) is 24.1 Å². The maximum absolute atomic E-state index is 11.3. The first kappa shape index (κ1) is 13.0. The fraction of sp³-hybridized carbons (Fsp3) is 0.364. The first-order valence-corrected chi connectivity index (χ1v) is 5.86. The Morgan fingerprint density at radius 3 is 2.75 bits per heavy atom. The second kappa shape index (κ2) is 5.86.